The van der Waals surface area contributed by atoms with Crippen molar-refractivity contribution in [2.45, 2.75) is 37.7 Å². The summed E-state index contributed by atoms with van der Waals surface area (Å²) < 4.78 is 27.4. The van der Waals surface area contributed by atoms with E-state index < -0.39 is 10.0 Å². The minimum Gasteiger partial charge on any atom is -0.382 e. The van der Waals surface area contributed by atoms with Crippen LogP contribution in [0, 0.1) is 0 Å². The average molecular weight is 284 g/mol. The van der Waals surface area contributed by atoms with Gasteiger partial charge in [0.15, 0.2) is 0 Å². The monoisotopic (exact) mass is 284 g/mol. The maximum atomic E-state index is 11.0. The molecule has 0 spiro atoms. The fourth-order valence-corrected chi connectivity index (χ4v) is 2.88. The molecule has 1 aromatic carbocycles. The summed E-state index contributed by atoms with van der Waals surface area (Å²) in [5.74, 6) is -0.122. The van der Waals surface area contributed by atoms with Crippen LogP contribution in [-0.4, -0.2) is 27.2 Å². The molecule has 3 N–H and O–H groups in total. The number of nitrogens with two attached hydrogens (primary N) is 1. The highest BCUT2D eigenvalue weighted by atomic mass is 32.2. The van der Waals surface area contributed by atoms with Gasteiger partial charge in [0.1, 0.15) is 0 Å². The molecule has 106 valence electrons. The molecule has 1 aliphatic carbocycles. The van der Waals surface area contributed by atoms with Crippen LogP contribution < -0.4 is 10.5 Å². The highest BCUT2D eigenvalue weighted by molar-refractivity contribution is 7.88. The number of hydrogen-bond acceptors (Lipinski definition) is 4. The minimum atomic E-state index is -3.46. The Morgan fingerprint density at radius 2 is 1.95 bits per heavy atom. The van der Waals surface area contributed by atoms with Crippen LogP contribution in [0.5, 0.6) is 0 Å². The second-order valence-electron chi connectivity index (χ2n) is 4.89. The van der Waals surface area contributed by atoms with E-state index >= 15 is 0 Å². The number of anilines is 1. The van der Waals surface area contributed by atoms with Crippen molar-refractivity contribution in [3.05, 3.63) is 29.8 Å². The van der Waals surface area contributed by atoms with Gasteiger partial charge in [-0.25, -0.2) is 13.6 Å². The molecule has 0 aliphatic heterocycles. The topological polar surface area (TPSA) is 81.4 Å². The van der Waals surface area contributed by atoms with E-state index in [-0.39, 0.29) is 5.75 Å². The van der Waals surface area contributed by atoms with Crippen molar-refractivity contribution >= 4 is 15.7 Å². The maximum Gasteiger partial charge on any atom is 0.213 e. The number of ether oxygens (including phenoxy) is 1. The van der Waals surface area contributed by atoms with E-state index in [4.69, 9.17) is 9.88 Å². The standard InChI is InChI=1S/C13H20N2O3S/c1-2-18-13-7-12(8-13)15-11-5-3-10(4-6-11)9-19(14,16)17/h3-6,12-13,15H,2,7-9H2,1H3,(H2,14,16,17). The van der Waals surface area contributed by atoms with Gasteiger partial charge in [0.25, 0.3) is 0 Å². The lowest BCUT2D eigenvalue weighted by atomic mass is 9.89. The minimum absolute atomic E-state index is 0.122. The molecular formula is C13H20N2O3S. The first-order chi connectivity index (χ1) is 8.96. The van der Waals surface area contributed by atoms with Gasteiger partial charge in [0.2, 0.25) is 10.0 Å². The van der Waals surface area contributed by atoms with Gasteiger partial charge < -0.3 is 10.1 Å². The van der Waals surface area contributed by atoms with E-state index in [1.54, 1.807) is 12.1 Å². The first-order valence-electron chi connectivity index (χ1n) is 6.44. The SMILES string of the molecule is CCOC1CC(Nc2ccc(CS(N)(=O)=O)cc2)C1. The Kier molecular flexibility index (Phi) is 4.44. The zero-order chi connectivity index (χ0) is 13.9. The number of rotatable bonds is 6. The van der Waals surface area contributed by atoms with Crippen molar-refractivity contribution in [1.82, 2.24) is 0 Å². The van der Waals surface area contributed by atoms with Crippen LogP contribution in [0.15, 0.2) is 24.3 Å². The van der Waals surface area contributed by atoms with E-state index in [2.05, 4.69) is 5.32 Å². The van der Waals surface area contributed by atoms with Gasteiger partial charge >= 0.3 is 0 Å². The molecular weight excluding hydrogens is 264 g/mol. The fraction of sp³-hybridized carbons (Fsp3) is 0.538. The smallest absolute Gasteiger partial charge is 0.213 e. The van der Waals surface area contributed by atoms with Crippen molar-refractivity contribution in [3.8, 4) is 0 Å². The average Bonchev–Trinajstić information content (AvgIpc) is 2.27. The predicted octanol–water partition coefficient (Wildman–Crippen LogP) is 1.45. The predicted molar refractivity (Wildman–Crippen MR) is 75.3 cm³/mol. The molecule has 6 heteroatoms. The molecule has 0 unspecified atom stereocenters. The van der Waals surface area contributed by atoms with Crippen molar-refractivity contribution < 1.29 is 13.2 Å². The Morgan fingerprint density at radius 3 is 2.47 bits per heavy atom. The molecule has 5 nitrogen and oxygen atoms in total. The van der Waals surface area contributed by atoms with Crippen molar-refractivity contribution in [3.63, 3.8) is 0 Å². The summed E-state index contributed by atoms with van der Waals surface area (Å²) >= 11 is 0. The highest BCUT2D eigenvalue weighted by Crippen LogP contribution is 2.26. The van der Waals surface area contributed by atoms with Crippen LogP contribution >= 0.6 is 0 Å². The fourth-order valence-electron chi connectivity index (χ4n) is 2.22. The summed E-state index contributed by atoms with van der Waals surface area (Å²) in [5, 5.41) is 8.40. The van der Waals surface area contributed by atoms with Crippen molar-refractivity contribution in [1.29, 1.82) is 0 Å². The Balaban J connectivity index is 1.83. The number of hydrogen-bond donors (Lipinski definition) is 2. The van der Waals surface area contributed by atoms with Crippen molar-refractivity contribution in [2.24, 2.45) is 5.14 Å². The third-order valence-electron chi connectivity index (χ3n) is 3.19. The van der Waals surface area contributed by atoms with Gasteiger partial charge in [-0.1, -0.05) is 12.1 Å². The Bertz CT molecular complexity index is 507. The molecule has 0 amide bonds. The second kappa shape index (κ2) is 5.90. The lowest BCUT2D eigenvalue weighted by Gasteiger charge is -2.36. The molecule has 0 aromatic heterocycles. The normalized spacial score (nSPS) is 22.8. The summed E-state index contributed by atoms with van der Waals surface area (Å²) in [6.07, 6.45) is 2.42. The van der Waals surface area contributed by atoms with Crippen LogP contribution in [0.4, 0.5) is 5.69 Å². The van der Waals surface area contributed by atoms with E-state index in [1.807, 2.05) is 19.1 Å². The third-order valence-corrected chi connectivity index (χ3v) is 3.93. The largest absolute Gasteiger partial charge is 0.382 e. The van der Waals surface area contributed by atoms with Gasteiger partial charge in [-0.3, -0.25) is 0 Å². The molecule has 2 rings (SSSR count). The quantitative estimate of drug-likeness (QED) is 0.828. The lowest BCUT2D eigenvalue weighted by Crippen LogP contribution is -2.40. The maximum absolute atomic E-state index is 11.0. The number of benzene rings is 1. The van der Waals surface area contributed by atoms with Crippen molar-refractivity contribution in [2.75, 3.05) is 11.9 Å². The molecule has 0 bridgehead atoms. The van der Waals surface area contributed by atoms with Crippen LogP contribution in [-0.2, 0) is 20.5 Å². The summed E-state index contributed by atoms with van der Waals surface area (Å²) in [5.41, 5.74) is 1.70. The first kappa shape index (κ1) is 14.3. The lowest BCUT2D eigenvalue weighted by molar-refractivity contribution is 0.00299. The van der Waals surface area contributed by atoms with E-state index in [0.29, 0.717) is 17.7 Å². The van der Waals surface area contributed by atoms with E-state index in [0.717, 1.165) is 25.1 Å². The third kappa shape index (κ3) is 4.49. The molecule has 0 saturated heterocycles. The molecule has 0 radical (unpaired) electrons. The van der Waals surface area contributed by atoms with Crippen LogP contribution in [0.2, 0.25) is 0 Å². The molecule has 0 atom stereocenters. The zero-order valence-corrected chi connectivity index (χ0v) is 11.8. The Labute approximate surface area is 114 Å². The van der Waals surface area contributed by atoms with Crippen LogP contribution in [0.3, 0.4) is 0 Å². The Hall–Kier alpha value is -1.11. The van der Waals surface area contributed by atoms with Gasteiger partial charge in [-0.15, -0.1) is 0 Å². The van der Waals surface area contributed by atoms with Gasteiger partial charge in [0.05, 0.1) is 11.9 Å². The van der Waals surface area contributed by atoms with Gasteiger partial charge in [-0.2, -0.15) is 0 Å². The van der Waals surface area contributed by atoms with E-state index in [1.165, 1.54) is 0 Å². The van der Waals surface area contributed by atoms with E-state index in [9.17, 15) is 8.42 Å². The first-order valence-corrected chi connectivity index (χ1v) is 8.15. The van der Waals surface area contributed by atoms with Crippen LogP contribution in [0.1, 0.15) is 25.3 Å². The van der Waals surface area contributed by atoms with Gasteiger partial charge in [0, 0.05) is 18.3 Å². The number of primary sulfonamides is 1. The molecule has 1 fully saturated rings. The zero-order valence-electron chi connectivity index (χ0n) is 11.0. The molecule has 1 saturated carbocycles. The molecule has 1 aliphatic rings. The number of sulfonamides is 1. The summed E-state index contributed by atoms with van der Waals surface area (Å²) in [6.45, 7) is 2.77. The highest BCUT2D eigenvalue weighted by Gasteiger charge is 2.29. The second-order valence-corrected chi connectivity index (χ2v) is 6.51. The van der Waals surface area contributed by atoms with Gasteiger partial charge in [-0.05, 0) is 37.5 Å². The summed E-state index contributed by atoms with van der Waals surface area (Å²) in [6, 6.07) is 7.78. The Morgan fingerprint density at radius 1 is 1.32 bits per heavy atom. The summed E-state index contributed by atoms with van der Waals surface area (Å²) in [4.78, 5) is 0. The molecule has 0 heterocycles. The summed E-state index contributed by atoms with van der Waals surface area (Å²) in [7, 11) is -3.46. The molecule has 1 aromatic rings. The number of nitrogens with one attached hydrogen (secondary N) is 1. The van der Waals surface area contributed by atoms with Crippen LogP contribution in [0.25, 0.3) is 0 Å². The molecule has 19 heavy (non-hydrogen) atoms.